The van der Waals surface area contributed by atoms with Crippen LogP contribution in [0.4, 0.5) is 0 Å². The van der Waals surface area contributed by atoms with Crippen LogP contribution in [0.2, 0.25) is 4.34 Å². The molecule has 0 aliphatic rings. The number of aromatic nitrogens is 2. The normalized spacial score (nSPS) is 11.1. The van der Waals surface area contributed by atoms with Crippen LogP contribution in [0, 0.1) is 4.77 Å². The van der Waals surface area contributed by atoms with Crippen LogP contribution >= 0.6 is 35.2 Å². The summed E-state index contributed by atoms with van der Waals surface area (Å²) in [6.45, 7) is 0.712. The van der Waals surface area contributed by atoms with Gasteiger partial charge in [0.05, 0.1) is 23.5 Å². The zero-order valence-corrected chi connectivity index (χ0v) is 12.5. The first-order valence-electron chi connectivity index (χ1n) is 5.69. The van der Waals surface area contributed by atoms with Crippen molar-refractivity contribution in [2.45, 2.75) is 6.54 Å². The number of nitrogens with one attached hydrogen (secondary N) is 1. The second-order valence-electron chi connectivity index (χ2n) is 4.08. The van der Waals surface area contributed by atoms with Gasteiger partial charge >= 0.3 is 0 Å². The van der Waals surface area contributed by atoms with Crippen molar-refractivity contribution in [3.63, 3.8) is 0 Å². The van der Waals surface area contributed by atoms with Gasteiger partial charge in [0.2, 0.25) is 0 Å². The maximum atomic E-state index is 5.96. The Morgan fingerprint density at radius 3 is 2.89 bits per heavy atom. The lowest BCUT2D eigenvalue weighted by molar-refractivity contribution is 0.419. The number of halogens is 1. The molecule has 0 aliphatic carbocycles. The number of H-pyrrole nitrogens is 1. The molecule has 0 amide bonds. The summed E-state index contributed by atoms with van der Waals surface area (Å²) >= 11 is 12.9. The molecule has 2 heterocycles. The van der Waals surface area contributed by atoms with E-state index < -0.39 is 0 Å². The summed E-state index contributed by atoms with van der Waals surface area (Å²) in [5.74, 6) is 0.798. The van der Waals surface area contributed by atoms with Crippen molar-refractivity contribution in [2.24, 2.45) is 0 Å². The number of imidazole rings is 1. The summed E-state index contributed by atoms with van der Waals surface area (Å²) in [4.78, 5) is 4.37. The average Bonchev–Trinajstić information content (AvgIpc) is 2.94. The van der Waals surface area contributed by atoms with Crippen LogP contribution in [0.3, 0.4) is 0 Å². The lowest BCUT2D eigenvalue weighted by Gasteiger charge is -2.04. The summed E-state index contributed by atoms with van der Waals surface area (Å²) in [5, 5.41) is 0. The molecule has 2 aromatic heterocycles. The molecule has 0 radical (unpaired) electrons. The number of ether oxygens (including phenoxy) is 1. The van der Waals surface area contributed by atoms with Crippen LogP contribution in [-0.4, -0.2) is 16.7 Å². The lowest BCUT2D eigenvalue weighted by atomic mass is 10.3. The fourth-order valence-electron chi connectivity index (χ4n) is 2.07. The van der Waals surface area contributed by atoms with Crippen LogP contribution in [0.1, 0.15) is 4.88 Å². The minimum Gasteiger partial charge on any atom is -0.494 e. The number of para-hydroxylation sites is 1. The highest BCUT2D eigenvalue weighted by atomic mass is 35.5. The Hall–Kier alpha value is -1.30. The monoisotopic (exact) mass is 310 g/mol. The number of fused-ring (bicyclic) bond motifs is 1. The van der Waals surface area contributed by atoms with E-state index in [1.54, 1.807) is 18.4 Å². The molecule has 3 rings (SSSR count). The van der Waals surface area contributed by atoms with Crippen molar-refractivity contribution in [3.05, 3.63) is 44.3 Å². The highest BCUT2D eigenvalue weighted by Gasteiger charge is 2.09. The van der Waals surface area contributed by atoms with E-state index in [1.807, 2.05) is 30.3 Å². The number of methoxy groups -OCH3 is 1. The zero-order chi connectivity index (χ0) is 13.4. The first-order chi connectivity index (χ1) is 9.19. The molecule has 3 aromatic rings. The standard InChI is InChI=1S/C13H11ClN2OS2/c1-17-10-4-2-3-9-12(10)15-13(18)16(9)7-8-5-6-11(14)19-8/h2-6H,7H2,1H3,(H,15,18). The molecule has 1 N–H and O–H groups in total. The van der Waals surface area contributed by atoms with Gasteiger partial charge in [-0.3, -0.25) is 0 Å². The van der Waals surface area contributed by atoms with Crippen molar-refractivity contribution in [1.29, 1.82) is 0 Å². The Morgan fingerprint density at radius 1 is 1.37 bits per heavy atom. The van der Waals surface area contributed by atoms with E-state index >= 15 is 0 Å². The molecule has 0 atom stereocenters. The molecule has 19 heavy (non-hydrogen) atoms. The number of thiophene rings is 1. The van der Waals surface area contributed by atoms with Gasteiger partial charge in [-0.15, -0.1) is 11.3 Å². The molecule has 0 spiro atoms. The summed E-state index contributed by atoms with van der Waals surface area (Å²) in [7, 11) is 1.65. The van der Waals surface area contributed by atoms with Gasteiger partial charge in [-0.25, -0.2) is 0 Å². The Morgan fingerprint density at radius 2 is 2.21 bits per heavy atom. The molecule has 0 fully saturated rings. The fourth-order valence-corrected chi connectivity index (χ4v) is 3.42. The average molecular weight is 311 g/mol. The van der Waals surface area contributed by atoms with Gasteiger partial charge in [-0.2, -0.15) is 0 Å². The van der Waals surface area contributed by atoms with Gasteiger partial charge in [-0.1, -0.05) is 17.7 Å². The van der Waals surface area contributed by atoms with Crippen LogP contribution in [0.5, 0.6) is 5.75 Å². The molecule has 0 aliphatic heterocycles. The number of hydrogen-bond donors (Lipinski definition) is 1. The minimum atomic E-state index is 0.684. The topological polar surface area (TPSA) is 29.9 Å². The second kappa shape index (κ2) is 5.00. The summed E-state index contributed by atoms with van der Waals surface area (Å²) in [5.41, 5.74) is 1.96. The van der Waals surface area contributed by atoms with Gasteiger partial charge < -0.3 is 14.3 Å². The number of hydrogen-bond acceptors (Lipinski definition) is 3. The lowest BCUT2D eigenvalue weighted by Crippen LogP contribution is -1.97. The number of benzene rings is 1. The van der Waals surface area contributed by atoms with E-state index in [2.05, 4.69) is 9.55 Å². The third-order valence-electron chi connectivity index (χ3n) is 2.93. The molecular weight excluding hydrogens is 300 g/mol. The first-order valence-corrected chi connectivity index (χ1v) is 7.29. The van der Waals surface area contributed by atoms with Crippen LogP contribution in [0.15, 0.2) is 30.3 Å². The Kier molecular flexibility index (Phi) is 3.35. The van der Waals surface area contributed by atoms with E-state index in [-0.39, 0.29) is 0 Å². The molecule has 0 unspecified atom stereocenters. The van der Waals surface area contributed by atoms with Gasteiger partial charge in [0.25, 0.3) is 0 Å². The predicted molar refractivity (Wildman–Crippen MR) is 82.1 cm³/mol. The first kappa shape index (κ1) is 12.7. The summed E-state index contributed by atoms with van der Waals surface area (Å²) in [6, 6.07) is 9.83. The van der Waals surface area contributed by atoms with E-state index in [4.69, 9.17) is 28.6 Å². The highest BCUT2D eigenvalue weighted by Crippen LogP contribution is 2.27. The van der Waals surface area contributed by atoms with E-state index in [9.17, 15) is 0 Å². The van der Waals surface area contributed by atoms with Crippen molar-refractivity contribution < 1.29 is 4.74 Å². The fraction of sp³-hybridized carbons (Fsp3) is 0.154. The molecule has 1 aromatic carbocycles. The Balaban J connectivity index is 2.13. The third-order valence-corrected chi connectivity index (χ3v) is 4.47. The zero-order valence-electron chi connectivity index (χ0n) is 10.1. The second-order valence-corrected chi connectivity index (χ2v) is 6.26. The van der Waals surface area contributed by atoms with Gasteiger partial charge in [0.1, 0.15) is 11.3 Å². The van der Waals surface area contributed by atoms with E-state index in [0.29, 0.717) is 11.3 Å². The SMILES string of the molecule is COc1cccc2c1[nH]c(=S)n2Cc1ccc(Cl)s1. The largest absolute Gasteiger partial charge is 0.494 e. The summed E-state index contributed by atoms with van der Waals surface area (Å²) in [6.07, 6.45) is 0. The van der Waals surface area contributed by atoms with Crippen molar-refractivity contribution in [1.82, 2.24) is 9.55 Å². The molecule has 3 nitrogen and oxygen atoms in total. The van der Waals surface area contributed by atoms with Crippen LogP contribution < -0.4 is 4.74 Å². The maximum absolute atomic E-state index is 5.96. The predicted octanol–water partition coefficient (Wildman–Crippen LogP) is 4.47. The number of rotatable bonds is 3. The highest BCUT2D eigenvalue weighted by molar-refractivity contribution is 7.71. The van der Waals surface area contributed by atoms with E-state index in [1.165, 1.54) is 4.88 Å². The Bertz CT molecular complexity index is 787. The van der Waals surface area contributed by atoms with Crippen molar-refractivity contribution in [3.8, 4) is 5.75 Å². The molecular formula is C13H11ClN2OS2. The molecule has 0 saturated heterocycles. The minimum absolute atomic E-state index is 0.684. The molecule has 98 valence electrons. The summed E-state index contributed by atoms with van der Waals surface area (Å²) < 4.78 is 8.87. The van der Waals surface area contributed by atoms with Crippen molar-refractivity contribution in [2.75, 3.05) is 7.11 Å². The van der Waals surface area contributed by atoms with Crippen LogP contribution in [0.25, 0.3) is 11.0 Å². The Labute approximate surface area is 124 Å². The van der Waals surface area contributed by atoms with Crippen LogP contribution in [-0.2, 0) is 6.54 Å². The maximum Gasteiger partial charge on any atom is 0.178 e. The molecule has 0 bridgehead atoms. The molecule has 0 saturated carbocycles. The molecule has 6 heteroatoms. The van der Waals surface area contributed by atoms with Gasteiger partial charge in [0, 0.05) is 4.88 Å². The van der Waals surface area contributed by atoms with Gasteiger partial charge in [-0.05, 0) is 36.5 Å². The van der Waals surface area contributed by atoms with Crippen molar-refractivity contribution >= 4 is 46.2 Å². The van der Waals surface area contributed by atoms with E-state index in [0.717, 1.165) is 21.1 Å². The quantitative estimate of drug-likeness (QED) is 0.723. The van der Waals surface area contributed by atoms with Gasteiger partial charge in [0.15, 0.2) is 4.77 Å². The third kappa shape index (κ3) is 2.29. The smallest absolute Gasteiger partial charge is 0.178 e. The number of aromatic amines is 1. The number of nitrogens with zero attached hydrogens (tertiary/aromatic N) is 1.